The molecule has 3 heterocycles. The van der Waals surface area contributed by atoms with Crippen LogP contribution in [0.2, 0.25) is 0 Å². The van der Waals surface area contributed by atoms with E-state index >= 15 is 0 Å². The first-order chi connectivity index (χ1) is 25.9. The molecule has 0 N–H and O–H groups in total. The maximum absolute atomic E-state index is 14.4. The number of nitrogens with zero attached hydrogens (tertiary/aromatic N) is 4. The summed E-state index contributed by atoms with van der Waals surface area (Å²) in [6.45, 7) is 6.47. The summed E-state index contributed by atoms with van der Waals surface area (Å²) >= 11 is 0. The van der Waals surface area contributed by atoms with Crippen LogP contribution in [0.1, 0.15) is 104 Å². The number of hydrogen-bond acceptors (Lipinski definition) is 3. The van der Waals surface area contributed by atoms with Gasteiger partial charge in [0.05, 0.1) is 5.69 Å². The van der Waals surface area contributed by atoms with Crippen molar-refractivity contribution in [1.82, 2.24) is 19.3 Å². The molecule has 2 aliphatic carbocycles. The molecular weight excluding hydrogens is 762 g/mol. The molecule has 0 saturated heterocycles. The Hall–Kier alpha value is -4.57. The molecule has 2 saturated carbocycles. The molecule has 0 bridgehead atoms. The number of benzene rings is 4. The van der Waals surface area contributed by atoms with E-state index in [1.54, 1.807) is 0 Å². The first-order valence-electron chi connectivity index (χ1n) is 19.4. The van der Waals surface area contributed by atoms with Gasteiger partial charge in [0.1, 0.15) is 11.6 Å². The van der Waals surface area contributed by atoms with Crippen LogP contribution in [0.25, 0.3) is 44.4 Å². The van der Waals surface area contributed by atoms with Gasteiger partial charge in [-0.1, -0.05) is 87.4 Å². The smallest absolute Gasteiger partial charge is 0.509 e. The fraction of sp³-hybridized carbons (Fsp3) is 0.319. The van der Waals surface area contributed by atoms with Gasteiger partial charge in [0, 0.05) is 40.5 Å². The van der Waals surface area contributed by atoms with Crippen molar-refractivity contribution in [2.75, 3.05) is 0 Å². The minimum absolute atomic E-state index is 0. The van der Waals surface area contributed by atoms with Gasteiger partial charge >= 0.3 is 20.4 Å². The second-order valence-electron chi connectivity index (χ2n) is 15.2. The van der Waals surface area contributed by atoms with Gasteiger partial charge in [0.25, 0.3) is 0 Å². The van der Waals surface area contributed by atoms with Crippen molar-refractivity contribution in [2.45, 2.75) is 96.8 Å². The summed E-state index contributed by atoms with van der Waals surface area (Å²) in [4.78, 5) is 4.50. The number of para-hydroxylation sites is 1. The predicted molar refractivity (Wildman–Crippen MR) is 211 cm³/mol. The number of aromatic nitrogens is 4. The van der Waals surface area contributed by atoms with Crippen molar-refractivity contribution in [2.24, 2.45) is 0 Å². The van der Waals surface area contributed by atoms with Gasteiger partial charge in [-0.2, -0.15) is 16.7 Å². The van der Waals surface area contributed by atoms with Crippen LogP contribution < -0.4 is 4.74 Å². The molecule has 7 aromatic rings. The number of fused-ring (bicyclic) bond motifs is 3. The monoisotopic (exact) mass is 806 g/mol. The zero-order valence-corrected chi connectivity index (χ0v) is 32.8. The molecule has 276 valence electrons. The Morgan fingerprint density at radius 3 is 2.11 bits per heavy atom. The van der Waals surface area contributed by atoms with E-state index in [9.17, 15) is 4.39 Å². The van der Waals surface area contributed by atoms with Gasteiger partial charge in [-0.15, -0.1) is 35.7 Å². The van der Waals surface area contributed by atoms with Gasteiger partial charge in [0.2, 0.25) is 0 Å². The van der Waals surface area contributed by atoms with Gasteiger partial charge in [-0.25, -0.2) is 9.37 Å². The number of pyridine rings is 1. The molecule has 2 aliphatic rings. The van der Waals surface area contributed by atoms with E-state index in [1.165, 1.54) is 105 Å². The summed E-state index contributed by atoms with van der Waals surface area (Å²) < 4.78 is 24.9. The van der Waals surface area contributed by atoms with Gasteiger partial charge in [-0.3, -0.25) is 4.68 Å². The maximum atomic E-state index is 14.4. The summed E-state index contributed by atoms with van der Waals surface area (Å²) in [5.41, 5.74) is 11.5. The number of halogens is 1. The number of hydrogen-bond donors (Lipinski definition) is 0. The molecule has 0 radical (unpaired) electrons. The third kappa shape index (κ3) is 6.71. The molecule has 5 nitrogen and oxygen atoms in total. The normalized spacial score (nSPS) is 15.5. The summed E-state index contributed by atoms with van der Waals surface area (Å²) in [7, 11) is 0. The molecular formula is C47H45FN4OPd. The number of aryl methyl sites for hydroxylation is 2. The average molecular weight is 807 g/mol. The van der Waals surface area contributed by atoms with Crippen LogP contribution in [-0.4, -0.2) is 19.3 Å². The fourth-order valence-corrected chi connectivity index (χ4v) is 9.26. The van der Waals surface area contributed by atoms with Crippen LogP contribution in [-0.2, 0) is 20.4 Å². The summed E-state index contributed by atoms with van der Waals surface area (Å²) in [6.07, 6.45) is 14.5. The molecule has 0 aliphatic heterocycles. The van der Waals surface area contributed by atoms with E-state index in [0.717, 1.165) is 44.4 Å². The third-order valence-electron chi connectivity index (χ3n) is 11.7. The van der Waals surface area contributed by atoms with E-state index in [-0.39, 0.29) is 26.2 Å². The minimum atomic E-state index is -0.342. The van der Waals surface area contributed by atoms with Gasteiger partial charge in [0.15, 0.2) is 0 Å². The first kappa shape index (κ1) is 36.4. The topological polar surface area (TPSA) is 44.9 Å². The van der Waals surface area contributed by atoms with E-state index in [0.29, 0.717) is 29.2 Å². The molecule has 54 heavy (non-hydrogen) atoms. The SMILES string of the molecule is Cc1cc(Oc2[c-]c3c(cc2)c2ccccc2n3-c2cc(F)ccn2)[c-]c(-n2nc(C)c(-c3c(C4CCCCC4)cccc3C3CCCCC3)c2C)c1.[Pd+2]. The quantitative estimate of drug-likeness (QED) is 0.119. The zero-order valence-electron chi connectivity index (χ0n) is 31.2. The van der Waals surface area contributed by atoms with Crippen LogP contribution in [0, 0.1) is 38.7 Å². The zero-order chi connectivity index (χ0) is 36.1. The van der Waals surface area contributed by atoms with Crippen molar-refractivity contribution >= 4 is 21.8 Å². The largest absolute Gasteiger partial charge is 2.00 e. The van der Waals surface area contributed by atoms with E-state index in [1.807, 2.05) is 41.0 Å². The average Bonchev–Trinajstić information content (AvgIpc) is 3.67. The van der Waals surface area contributed by atoms with Crippen molar-refractivity contribution in [1.29, 1.82) is 0 Å². The second-order valence-corrected chi connectivity index (χ2v) is 15.2. The Labute approximate surface area is 331 Å². The van der Waals surface area contributed by atoms with Crippen LogP contribution in [0.5, 0.6) is 11.5 Å². The third-order valence-corrected chi connectivity index (χ3v) is 11.7. The van der Waals surface area contributed by atoms with E-state index in [2.05, 4.69) is 72.9 Å². The van der Waals surface area contributed by atoms with Gasteiger partial charge < -0.3 is 9.30 Å². The first-order valence-corrected chi connectivity index (χ1v) is 19.4. The van der Waals surface area contributed by atoms with Crippen molar-refractivity contribution < 1.29 is 29.6 Å². The Morgan fingerprint density at radius 2 is 1.41 bits per heavy atom. The molecule has 3 aromatic heterocycles. The molecule has 4 aromatic carbocycles. The second kappa shape index (κ2) is 15.3. The molecule has 0 atom stereocenters. The van der Waals surface area contributed by atoms with E-state index < -0.39 is 0 Å². The molecule has 0 amide bonds. The minimum Gasteiger partial charge on any atom is -0.509 e. The Morgan fingerprint density at radius 1 is 0.704 bits per heavy atom. The molecule has 7 heteroatoms. The number of rotatable bonds is 7. The summed E-state index contributed by atoms with van der Waals surface area (Å²) in [6, 6.07) is 33.2. The Bertz CT molecular complexity index is 2430. The number of ether oxygens (including phenoxy) is 1. The standard InChI is InChI=1S/C47H45FN4O.Pd/c1-30-25-36(28-38(26-30)53-37-21-22-42-41-17-10-11-20-43(41)51(44(42)29-37)45-27-35(48)23-24-49-45)52-32(3)46(31(2)50-52)47-39(33-13-6-4-7-14-33)18-12-19-40(47)34-15-8-5-9-16-34;/h10-12,17-27,33-34H,4-9,13-16H2,1-3H3;/q-2;+2. The molecule has 9 rings (SSSR count). The van der Waals surface area contributed by atoms with Crippen molar-refractivity contribution in [3.8, 4) is 34.1 Å². The Kier molecular flexibility index (Phi) is 10.3. The summed E-state index contributed by atoms with van der Waals surface area (Å²) in [5, 5.41) is 7.25. The molecule has 2 fully saturated rings. The van der Waals surface area contributed by atoms with Crippen LogP contribution >= 0.6 is 0 Å². The van der Waals surface area contributed by atoms with Gasteiger partial charge in [-0.05, 0) is 91.3 Å². The van der Waals surface area contributed by atoms with E-state index in [4.69, 9.17) is 9.84 Å². The molecule has 0 spiro atoms. The van der Waals surface area contributed by atoms with Crippen LogP contribution in [0.3, 0.4) is 0 Å². The van der Waals surface area contributed by atoms with Crippen LogP contribution in [0.4, 0.5) is 4.39 Å². The van der Waals surface area contributed by atoms with Crippen molar-refractivity contribution in [3.63, 3.8) is 0 Å². The fourth-order valence-electron chi connectivity index (χ4n) is 9.26. The predicted octanol–water partition coefficient (Wildman–Crippen LogP) is 12.6. The molecule has 0 unspecified atom stereocenters. The van der Waals surface area contributed by atoms with Crippen LogP contribution in [0.15, 0.2) is 85.1 Å². The maximum Gasteiger partial charge on any atom is 2.00 e. The van der Waals surface area contributed by atoms with Crippen molar-refractivity contribution in [3.05, 3.63) is 131 Å². The Balaban J connectivity index is 0.00000413. The summed E-state index contributed by atoms with van der Waals surface area (Å²) in [5.74, 6) is 2.47.